The highest BCUT2D eigenvalue weighted by Gasteiger charge is 2.42. The summed E-state index contributed by atoms with van der Waals surface area (Å²) >= 11 is 0. The number of hydrogen-bond donors (Lipinski definition) is 1. The predicted octanol–water partition coefficient (Wildman–Crippen LogP) is 0.429. The monoisotopic (exact) mass is 374 g/mol. The second kappa shape index (κ2) is 8.68. The molecule has 7 nitrogen and oxygen atoms in total. The summed E-state index contributed by atoms with van der Waals surface area (Å²) in [5, 5.41) is 3.33. The maximum absolute atomic E-state index is 12.4. The Kier molecular flexibility index (Phi) is 7.10. The summed E-state index contributed by atoms with van der Waals surface area (Å²) in [6.45, 7) is 10.9. The summed E-state index contributed by atoms with van der Waals surface area (Å²) in [6, 6.07) is 0. The topological polar surface area (TPSA) is 74.2 Å². The summed E-state index contributed by atoms with van der Waals surface area (Å²) < 4.78 is 29.4. The Morgan fingerprint density at radius 1 is 1.20 bits per heavy atom. The summed E-state index contributed by atoms with van der Waals surface area (Å²) in [4.78, 5) is 9.09. The molecule has 0 aromatic rings. The minimum absolute atomic E-state index is 0.397. The zero-order valence-electron chi connectivity index (χ0n) is 16.1. The molecule has 2 fully saturated rings. The molecule has 0 radical (unpaired) electrons. The number of hydrogen-bond acceptors (Lipinski definition) is 5. The van der Waals surface area contributed by atoms with Crippen LogP contribution in [0.5, 0.6) is 0 Å². The number of rotatable bonds is 5. The summed E-state index contributed by atoms with van der Waals surface area (Å²) in [5.41, 5.74) is 0. The minimum Gasteiger partial charge on any atom is -0.381 e. The van der Waals surface area contributed by atoms with Crippen molar-refractivity contribution in [1.82, 2.24) is 15.1 Å². The third-order valence-electron chi connectivity index (χ3n) is 5.27. The number of aliphatic imine (C=N–C) groups is 1. The Balaban J connectivity index is 1.94. The fourth-order valence-corrected chi connectivity index (χ4v) is 4.90. The highest BCUT2D eigenvalue weighted by atomic mass is 32.2. The SMILES string of the molecule is CN=C(NCC1(S(C)(=O)=O)CCOCC1)N1CCN(CC(C)C)CC1. The van der Waals surface area contributed by atoms with Gasteiger partial charge >= 0.3 is 0 Å². The fourth-order valence-electron chi connectivity index (χ4n) is 3.65. The molecule has 0 spiro atoms. The molecule has 0 aromatic heterocycles. The molecule has 2 saturated heterocycles. The molecule has 2 heterocycles. The summed E-state index contributed by atoms with van der Waals surface area (Å²) in [6.07, 6.45) is 2.42. The second-order valence-electron chi connectivity index (χ2n) is 7.65. The highest BCUT2D eigenvalue weighted by Crippen LogP contribution is 2.28. The van der Waals surface area contributed by atoms with E-state index in [1.807, 2.05) is 0 Å². The molecule has 0 aliphatic carbocycles. The molecule has 0 saturated carbocycles. The van der Waals surface area contributed by atoms with Crippen molar-refractivity contribution in [3.8, 4) is 0 Å². The first-order valence-electron chi connectivity index (χ1n) is 9.23. The van der Waals surface area contributed by atoms with Crippen molar-refractivity contribution in [2.24, 2.45) is 10.9 Å². The molecule has 2 aliphatic rings. The summed E-state index contributed by atoms with van der Waals surface area (Å²) in [5.74, 6) is 1.48. The van der Waals surface area contributed by atoms with Crippen LogP contribution >= 0.6 is 0 Å². The van der Waals surface area contributed by atoms with Crippen LogP contribution in [0.2, 0.25) is 0 Å². The van der Waals surface area contributed by atoms with Gasteiger partial charge in [0.1, 0.15) is 0 Å². The molecule has 0 unspecified atom stereocenters. The van der Waals surface area contributed by atoms with Gasteiger partial charge in [-0.15, -0.1) is 0 Å². The lowest BCUT2D eigenvalue weighted by molar-refractivity contribution is 0.0753. The lowest BCUT2D eigenvalue weighted by atomic mass is 9.99. The van der Waals surface area contributed by atoms with Crippen LogP contribution in [0.3, 0.4) is 0 Å². The third kappa shape index (κ3) is 5.31. The number of piperazine rings is 1. The average molecular weight is 375 g/mol. The van der Waals surface area contributed by atoms with E-state index < -0.39 is 14.6 Å². The van der Waals surface area contributed by atoms with Crippen LogP contribution in [0.4, 0.5) is 0 Å². The van der Waals surface area contributed by atoms with Gasteiger partial charge in [0, 0.05) is 65.8 Å². The Morgan fingerprint density at radius 3 is 2.28 bits per heavy atom. The van der Waals surface area contributed by atoms with Crippen LogP contribution in [-0.4, -0.2) is 94.7 Å². The van der Waals surface area contributed by atoms with Crippen LogP contribution in [0.15, 0.2) is 4.99 Å². The van der Waals surface area contributed by atoms with Crippen LogP contribution in [0.25, 0.3) is 0 Å². The average Bonchev–Trinajstić information content (AvgIpc) is 2.56. The Morgan fingerprint density at radius 2 is 1.80 bits per heavy atom. The van der Waals surface area contributed by atoms with E-state index in [4.69, 9.17) is 4.74 Å². The van der Waals surface area contributed by atoms with E-state index in [1.165, 1.54) is 6.26 Å². The maximum atomic E-state index is 12.4. The first-order chi connectivity index (χ1) is 11.8. The standard InChI is InChI=1S/C17H34N4O3S/c1-15(2)13-20-7-9-21(10-8-20)16(18-3)19-14-17(25(4,22)23)5-11-24-12-6-17/h15H,5-14H2,1-4H3,(H,18,19). The molecule has 25 heavy (non-hydrogen) atoms. The second-order valence-corrected chi connectivity index (χ2v) is 10.1. The zero-order chi connectivity index (χ0) is 18.5. The summed E-state index contributed by atoms with van der Waals surface area (Å²) in [7, 11) is -1.40. The molecule has 2 aliphatic heterocycles. The maximum Gasteiger partial charge on any atom is 0.193 e. The molecule has 0 bridgehead atoms. The van der Waals surface area contributed by atoms with Gasteiger partial charge in [-0.2, -0.15) is 0 Å². The fraction of sp³-hybridized carbons (Fsp3) is 0.941. The van der Waals surface area contributed by atoms with Gasteiger partial charge in [0.25, 0.3) is 0 Å². The van der Waals surface area contributed by atoms with Gasteiger partial charge in [-0.05, 0) is 18.8 Å². The van der Waals surface area contributed by atoms with Gasteiger partial charge in [0.15, 0.2) is 15.8 Å². The van der Waals surface area contributed by atoms with Crippen molar-refractivity contribution in [3.05, 3.63) is 0 Å². The minimum atomic E-state index is -3.17. The van der Waals surface area contributed by atoms with E-state index in [0.717, 1.165) is 38.7 Å². The third-order valence-corrected chi connectivity index (χ3v) is 7.39. The normalized spacial score (nSPS) is 23.1. The van der Waals surface area contributed by atoms with Crippen molar-refractivity contribution >= 4 is 15.8 Å². The van der Waals surface area contributed by atoms with Gasteiger partial charge in [0.2, 0.25) is 0 Å². The van der Waals surface area contributed by atoms with E-state index in [0.29, 0.717) is 38.5 Å². The van der Waals surface area contributed by atoms with Crippen LogP contribution in [0, 0.1) is 5.92 Å². The van der Waals surface area contributed by atoms with Crippen molar-refractivity contribution < 1.29 is 13.2 Å². The number of ether oxygens (including phenoxy) is 1. The molecule has 2 rings (SSSR count). The van der Waals surface area contributed by atoms with Crippen LogP contribution in [0.1, 0.15) is 26.7 Å². The van der Waals surface area contributed by atoms with Crippen molar-refractivity contribution in [2.45, 2.75) is 31.4 Å². The zero-order valence-corrected chi connectivity index (χ0v) is 16.9. The largest absolute Gasteiger partial charge is 0.381 e. The van der Waals surface area contributed by atoms with Crippen LogP contribution in [-0.2, 0) is 14.6 Å². The quantitative estimate of drug-likeness (QED) is 0.556. The molecule has 1 N–H and O–H groups in total. The number of nitrogens with zero attached hydrogens (tertiary/aromatic N) is 3. The molecule has 8 heteroatoms. The van der Waals surface area contributed by atoms with E-state index in [1.54, 1.807) is 7.05 Å². The van der Waals surface area contributed by atoms with Gasteiger partial charge in [0.05, 0.1) is 4.75 Å². The van der Waals surface area contributed by atoms with Gasteiger partial charge in [-0.25, -0.2) is 8.42 Å². The molecular formula is C17H34N4O3S. The van der Waals surface area contributed by atoms with Crippen LogP contribution < -0.4 is 5.32 Å². The lowest BCUT2D eigenvalue weighted by Gasteiger charge is -2.39. The Bertz CT molecular complexity index is 548. The predicted molar refractivity (Wildman–Crippen MR) is 102 cm³/mol. The lowest BCUT2D eigenvalue weighted by Crippen LogP contribution is -2.57. The Labute approximate surface area is 152 Å². The molecular weight excluding hydrogens is 340 g/mol. The van der Waals surface area contributed by atoms with E-state index in [-0.39, 0.29) is 0 Å². The number of sulfone groups is 1. The molecule has 0 atom stereocenters. The molecule has 0 amide bonds. The van der Waals surface area contributed by atoms with Crippen molar-refractivity contribution in [3.63, 3.8) is 0 Å². The molecule has 0 aromatic carbocycles. The number of guanidine groups is 1. The first-order valence-corrected chi connectivity index (χ1v) is 11.1. The van der Waals surface area contributed by atoms with Gasteiger partial charge < -0.3 is 15.0 Å². The van der Waals surface area contributed by atoms with E-state index >= 15 is 0 Å². The van der Waals surface area contributed by atoms with Gasteiger partial charge in [-0.1, -0.05) is 13.8 Å². The van der Waals surface area contributed by atoms with Gasteiger partial charge in [-0.3, -0.25) is 9.89 Å². The number of nitrogens with one attached hydrogen (secondary N) is 1. The van der Waals surface area contributed by atoms with E-state index in [2.05, 4.69) is 34.0 Å². The smallest absolute Gasteiger partial charge is 0.193 e. The van der Waals surface area contributed by atoms with E-state index in [9.17, 15) is 8.42 Å². The molecule has 146 valence electrons. The van der Waals surface area contributed by atoms with Crippen molar-refractivity contribution in [2.75, 3.05) is 65.8 Å². The Hall–Kier alpha value is -0.860. The first kappa shape index (κ1) is 20.5. The van der Waals surface area contributed by atoms with Crippen molar-refractivity contribution in [1.29, 1.82) is 0 Å². The highest BCUT2D eigenvalue weighted by molar-refractivity contribution is 7.92.